The van der Waals surface area contributed by atoms with Gasteiger partial charge in [0.15, 0.2) is 5.82 Å². The van der Waals surface area contributed by atoms with Crippen LogP contribution in [-0.2, 0) is 4.79 Å². The second-order valence-electron chi connectivity index (χ2n) is 6.06. The predicted molar refractivity (Wildman–Crippen MR) is 80.5 cm³/mol. The minimum atomic E-state index is -0.998. The number of aromatic nitrogens is 2. The van der Waals surface area contributed by atoms with E-state index < -0.39 is 23.0 Å². The van der Waals surface area contributed by atoms with Crippen LogP contribution in [0, 0.1) is 5.41 Å². The van der Waals surface area contributed by atoms with E-state index in [1.807, 2.05) is 20.8 Å². The number of amides is 1. The lowest BCUT2D eigenvalue weighted by atomic mass is 9.88. The molecule has 1 aromatic heterocycles. The van der Waals surface area contributed by atoms with Gasteiger partial charge in [-0.25, -0.2) is 4.98 Å². The topological polar surface area (TPSA) is 84.2 Å². The van der Waals surface area contributed by atoms with Crippen molar-refractivity contribution in [1.82, 2.24) is 9.66 Å². The molecule has 0 bridgehead atoms. The fourth-order valence-corrected chi connectivity index (χ4v) is 1.99. The molecular formula is C15H19N3O3. The highest BCUT2D eigenvalue weighted by Gasteiger charge is 2.29. The molecule has 21 heavy (non-hydrogen) atoms. The molecule has 0 aliphatic heterocycles. The average molecular weight is 289 g/mol. The molecule has 1 heterocycles. The molecule has 2 rings (SSSR count). The molecule has 0 saturated heterocycles. The van der Waals surface area contributed by atoms with Gasteiger partial charge in [0.05, 0.1) is 10.9 Å². The normalized spacial score (nSPS) is 13.2. The van der Waals surface area contributed by atoms with E-state index in [9.17, 15) is 14.7 Å². The Morgan fingerprint density at radius 1 is 1.33 bits per heavy atom. The van der Waals surface area contributed by atoms with Crippen LogP contribution in [0.15, 0.2) is 29.1 Å². The van der Waals surface area contributed by atoms with E-state index in [0.717, 1.165) is 4.68 Å². The largest absolute Gasteiger partial charge is 0.385 e. The highest BCUT2D eigenvalue weighted by Crippen LogP contribution is 2.31. The van der Waals surface area contributed by atoms with Gasteiger partial charge in [-0.3, -0.25) is 15.0 Å². The van der Waals surface area contributed by atoms with Crippen LogP contribution in [0.1, 0.15) is 39.6 Å². The zero-order chi connectivity index (χ0) is 15.8. The van der Waals surface area contributed by atoms with Gasteiger partial charge in [0.1, 0.15) is 6.10 Å². The van der Waals surface area contributed by atoms with Crippen LogP contribution in [0.3, 0.4) is 0 Å². The Morgan fingerprint density at radius 2 is 1.95 bits per heavy atom. The lowest BCUT2D eigenvalue weighted by Gasteiger charge is -2.27. The van der Waals surface area contributed by atoms with Crippen molar-refractivity contribution >= 4 is 16.8 Å². The molecule has 2 aromatic rings. The molecule has 1 aromatic carbocycles. The fraction of sp³-hybridized carbons (Fsp3) is 0.400. The summed E-state index contributed by atoms with van der Waals surface area (Å²) in [5, 5.41) is 10.8. The third kappa shape index (κ3) is 2.95. The van der Waals surface area contributed by atoms with Crippen LogP contribution in [-0.4, -0.2) is 20.7 Å². The number of rotatable bonds is 2. The Balaban J connectivity index is 2.78. The van der Waals surface area contributed by atoms with Crippen LogP contribution in [0.25, 0.3) is 10.9 Å². The maximum absolute atomic E-state index is 12.5. The number of nitrogens with zero attached hydrogens (tertiary/aromatic N) is 2. The van der Waals surface area contributed by atoms with E-state index in [0.29, 0.717) is 10.9 Å². The Kier molecular flexibility index (Phi) is 3.82. The number of nitrogens with one attached hydrogen (secondary N) is 1. The number of carbonyl (C=O) groups excluding carboxylic acids is 1. The summed E-state index contributed by atoms with van der Waals surface area (Å²) >= 11 is 0. The number of aliphatic hydroxyl groups excluding tert-OH is 1. The first-order chi connectivity index (χ1) is 9.71. The molecule has 0 radical (unpaired) electrons. The van der Waals surface area contributed by atoms with Crippen molar-refractivity contribution in [3.05, 3.63) is 40.4 Å². The standard InChI is InChI=1S/C15H19N3O3/c1-9(19)17-18-13(12(20)15(2,3)4)16-11-8-6-5-7-10(11)14(18)21/h5-8,12,20H,1-4H3,(H,17,19)/t12-/m1/s1. The van der Waals surface area contributed by atoms with Gasteiger partial charge >= 0.3 is 0 Å². The second-order valence-corrected chi connectivity index (χ2v) is 6.06. The highest BCUT2D eigenvalue weighted by atomic mass is 16.3. The van der Waals surface area contributed by atoms with Gasteiger partial charge in [0.25, 0.3) is 5.56 Å². The van der Waals surface area contributed by atoms with Gasteiger partial charge in [-0.05, 0) is 17.5 Å². The Morgan fingerprint density at radius 3 is 2.52 bits per heavy atom. The molecule has 1 amide bonds. The van der Waals surface area contributed by atoms with Crippen molar-refractivity contribution in [1.29, 1.82) is 0 Å². The van der Waals surface area contributed by atoms with Crippen LogP contribution < -0.4 is 11.0 Å². The minimum absolute atomic E-state index is 0.126. The van der Waals surface area contributed by atoms with Crippen molar-refractivity contribution < 1.29 is 9.90 Å². The number of aliphatic hydroxyl groups is 1. The van der Waals surface area contributed by atoms with Crippen molar-refractivity contribution in [3.63, 3.8) is 0 Å². The SMILES string of the molecule is CC(=O)Nn1c([C@@H](O)C(C)(C)C)nc2ccccc2c1=O. The van der Waals surface area contributed by atoms with Crippen molar-refractivity contribution in [2.75, 3.05) is 5.43 Å². The first-order valence-electron chi connectivity index (χ1n) is 6.69. The number of para-hydroxylation sites is 1. The van der Waals surface area contributed by atoms with Crippen LogP contribution in [0.2, 0.25) is 0 Å². The molecule has 0 aliphatic carbocycles. The van der Waals surface area contributed by atoms with Gasteiger partial charge in [-0.2, -0.15) is 4.68 Å². The monoisotopic (exact) mass is 289 g/mol. The Hall–Kier alpha value is -2.21. The summed E-state index contributed by atoms with van der Waals surface area (Å²) in [5.41, 5.74) is 1.98. The second kappa shape index (κ2) is 5.29. The smallest absolute Gasteiger partial charge is 0.280 e. The van der Waals surface area contributed by atoms with E-state index in [-0.39, 0.29) is 5.82 Å². The summed E-state index contributed by atoms with van der Waals surface area (Å²) in [4.78, 5) is 28.2. The van der Waals surface area contributed by atoms with E-state index in [1.54, 1.807) is 24.3 Å². The Labute approximate surface area is 122 Å². The quantitative estimate of drug-likeness (QED) is 0.879. The molecule has 0 spiro atoms. The molecule has 6 nitrogen and oxygen atoms in total. The lowest BCUT2D eigenvalue weighted by Crippen LogP contribution is -2.38. The number of benzene rings is 1. The summed E-state index contributed by atoms with van der Waals surface area (Å²) in [6, 6.07) is 6.83. The van der Waals surface area contributed by atoms with Gasteiger partial charge in [0.2, 0.25) is 5.91 Å². The molecule has 1 atom stereocenters. The first-order valence-corrected chi connectivity index (χ1v) is 6.69. The van der Waals surface area contributed by atoms with E-state index in [2.05, 4.69) is 10.4 Å². The fourth-order valence-electron chi connectivity index (χ4n) is 1.99. The van der Waals surface area contributed by atoms with Crippen LogP contribution in [0.5, 0.6) is 0 Å². The van der Waals surface area contributed by atoms with Crippen LogP contribution >= 0.6 is 0 Å². The molecule has 112 valence electrons. The molecule has 0 saturated carbocycles. The van der Waals surface area contributed by atoms with Gasteiger partial charge in [0, 0.05) is 6.92 Å². The number of hydrogen-bond donors (Lipinski definition) is 2. The molecule has 2 N–H and O–H groups in total. The number of hydrogen-bond acceptors (Lipinski definition) is 4. The zero-order valence-electron chi connectivity index (χ0n) is 12.5. The van der Waals surface area contributed by atoms with Crippen molar-refractivity contribution in [2.45, 2.75) is 33.8 Å². The lowest BCUT2D eigenvalue weighted by molar-refractivity contribution is -0.115. The van der Waals surface area contributed by atoms with Gasteiger partial charge in [-0.15, -0.1) is 0 Å². The maximum atomic E-state index is 12.5. The van der Waals surface area contributed by atoms with E-state index >= 15 is 0 Å². The maximum Gasteiger partial charge on any atom is 0.280 e. The molecular weight excluding hydrogens is 270 g/mol. The average Bonchev–Trinajstić information content (AvgIpc) is 2.39. The zero-order valence-corrected chi connectivity index (χ0v) is 12.5. The number of fused-ring (bicyclic) bond motifs is 1. The first kappa shape index (κ1) is 15.2. The molecule has 0 unspecified atom stereocenters. The summed E-state index contributed by atoms with van der Waals surface area (Å²) in [6.07, 6.45) is -0.998. The summed E-state index contributed by atoms with van der Waals surface area (Å²) in [5.74, 6) is -0.280. The minimum Gasteiger partial charge on any atom is -0.385 e. The molecule has 0 aliphatic rings. The predicted octanol–water partition coefficient (Wildman–Crippen LogP) is 1.57. The van der Waals surface area contributed by atoms with E-state index in [1.165, 1.54) is 6.92 Å². The summed E-state index contributed by atoms with van der Waals surface area (Å²) < 4.78 is 1.03. The van der Waals surface area contributed by atoms with E-state index in [4.69, 9.17) is 0 Å². The third-order valence-electron chi connectivity index (χ3n) is 3.14. The van der Waals surface area contributed by atoms with Crippen LogP contribution in [0.4, 0.5) is 0 Å². The van der Waals surface area contributed by atoms with Gasteiger partial charge < -0.3 is 5.11 Å². The summed E-state index contributed by atoms with van der Waals surface area (Å²) in [7, 11) is 0. The molecule has 0 fully saturated rings. The van der Waals surface area contributed by atoms with Crippen molar-refractivity contribution in [2.24, 2.45) is 5.41 Å². The van der Waals surface area contributed by atoms with Crippen molar-refractivity contribution in [3.8, 4) is 0 Å². The van der Waals surface area contributed by atoms with Gasteiger partial charge in [-0.1, -0.05) is 32.9 Å². The molecule has 6 heteroatoms. The number of carbonyl (C=O) groups is 1. The Bertz CT molecular complexity index is 744. The highest BCUT2D eigenvalue weighted by molar-refractivity contribution is 5.82. The summed E-state index contributed by atoms with van der Waals surface area (Å²) in [6.45, 7) is 6.79. The third-order valence-corrected chi connectivity index (χ3v) is 3.14.